The number of aromatic nitrogens is 3. The van der Waals surface area contributed by atoms with Crippen LogP contribution < -0.4 is 11.3 Å². The highest BCUT2D eigenvalue weighted by Crippen LogP contribution is 2.44. The Morgan fingerprint density at radius 3 is 2.65 bits per heavy atom. The van der Waals surface area contributed by atoms with Crippen molar-refractivity contribution in [1.29, 1.82) is 0 Å². The van der Waals surface area contributed by atoms with Gasteiger partial charge in [-0.25, -0.2) is 9.79 Å². The first-order chi connectivity index (χ1) is 14.9. The predicted molar refractivity (Wildman–Crippen MR) is 114 cm³/mol. The summed E-state index contributed by atoms with van der Waals surface area (Å²) in [6.45, 7) is 0.0444. The number of aliphatic hydroxyl groups is 1. The van der Waals surface area contributed by atoms with E-state index >= 15 is 0 Å². The average Bonchev–Trinajstić information content (AvgIpc) is 3.07. The molecule has 2 aliphatic rings. The highest BCUT2D eigenvalue weighted by molar-refractivity contribution is 6.30. The second-order valence-electron chi connectivity index (χ2n) is 7.87. The van der Waals surface area contributed by atoms with E-state index in [1.165, 1.54) is 32.1 Å². The van der Waals surface area contributed by atoms with Crippen molar-refractivity contribution in [3.05, 3.63) is 79.5 Å². The van der Waals surface area contributed by atoms with Gasteiger partial charge in [-0.1, -0.05) is 23.7 Å². The summed E-state index contributed by atoms with van der Waals surface area (Å²) in [6, 6.07) is 10.7. The molecule has 1 aliphatic heterocycles. The molecule has 0 radical (unpaired) electrons. The minimum Gasteiger partial charge on any atom is -0.390 e. The molecule has 31 heavy (non-hydrogen) atoms. The van der Waals surface area contributed by atoms with E-state index in [-0.39, 0.29) is 24.0 Å². The summed E-state index contributed by atoms with van der Waals surface area (Å²) in [5, 5.41) is 15.8. The molecule has 0 amide bonds. The van der Waals surface area contributed by atoms with Crippen molar-refractivity contribution in [3.63, 3.8) is 0 Å². The highest BCUT2D eigenvalue weighted by atomic mass is 35.5. The number of aliphatic imine (C=N–C) groups is 1. The van der Waals surface area contributed by atoms with Crippen molar-refractivity contribution in [2.24, 2.45) is 12.0 Å². The maximum atomic E-state index is 12.3. The minimum absolute atomic E-state index is 0.0350. The van der Waals surface area contributed by atoms with Crippen molar-refractivity contribution in [2.45, 2.75) is 37.6 Å². The van der Waals surface area contributed by atoms with Gasteiger partial charge in [0.15, 0.2) is 6.23 Å². The number of halogens is 1. The van der Waals surface area contributed by atoms with Gasteiger partial charge in [0.2, 0.25) is 5.89 Å². The molecule has 5 rings (SSSR count). The molecule has 1 aliphatic carbocycles. The fourth-order valence-corrected chi connectivity index (χ4v) is 4.24. The van der Waals surface area contributed by atoms with Crippen molar-refractivity contribution in [3.8, 4) is 0 Å². The van der Waals surface area contributed by atoms with Gasteiger partial charge in [-0.3, -0.25) is 4.79 Å². The first-order valence-electron chi connectivity index (χ1n) is 9.92. The van der Waals surface area contributed by atoms with Crippen molar-refractivity contribution < 1.29 is 9.52 Å². The van der Waals surface area contributed by atoms with Gasteiger partial charge in [0.25, 0.3) is 5.56 Å². The lowest BCUT2D eigenvalue weighted by Crippen LogP contribution is -2.34. The van der Waals surface area contributed by atoms with Crippen LogP contribution in [-0.4, -0.2) is 30.7 Å². The fraction of sp³-hybridized carbons (Fsp3) is 0.333. The van der Waals surface area contributed by atoms with E-state index < -0.39 is 12.0 Å². The molecule has 1 N–H and O–H groups in total. The van der Waals surface area contributed by atoms with Crippen LogP contribution in [0.3, 0.4) is 0 Å². The number of fused-ring (bicyclic) bond motifs is 1. The Kier molecular flexibility index (Phi) is 4.79. The van der Waals surface area contributed by atoms with Crippen LogP contribution in [-0.2, 0) is 13.6 Å². The zero-order valence-corrected chi connectivity index (χ0v) is 17.4. The fourth-order valence-electron chi connectivity index (χ4n) is 4.11. The van der Waals surface area contributed by atoms with Gasteiger partial charge >= 0.3 is 5.76 Å². The number of hydrogen-bond acceptors (Lipinski definition) is 7. The Morgan fingerprint density at radius 1 is 1.16 bits per heavy atom. The van der Waals surface area contributed by atoms with Crippen molar-refractivity contribution in [1.82, 2.24) is 19.2 Å². The maximum absolute atomic E-state index is 12.3. The quantitative estimate of drug-likeness (QED) is 0.666. The molecule has 10 heteroatoms. The lowest BCUT2D eigenvalue weighted by molar-refractivity contribution is 0.0375. The Balaban J connectivity index is 1.30. The first kappa shape index (κ1) is 19.8. The molecule has 3 aromatic rings. The third kappa shape index (κ3) is 3.49. The van der Waals surface area contributed by atoms with Crippen LogP contribution in [0.15, 0.2) is 55.4 Å². The number of pyridine rings is 1. The smallest absolute Gasteiger partial charge is 0.390 e. The molecular formula is C21H20ClN5O4. The molecule has 1 atom stereocenters. The molecule has 0 saturated heterocycles. The predicted octanol–water partition coefficient (Wildman–Crippen LogP) is 2.47. The summed E-state index contributed by atoms with van der Waals surface area (Å²) in [4.78, 5) is 30.0. The maximum Gasteiger partial charge on any atom is 0.437 e. The van der Waals surface area contributed by atoms with E-state index in [0.29, 0.717) is 22.3 Å². The average molecular weight is 442 g/mol. The Labute approximate surface area is 181 Å². The summed E-state index contributed by atoms with van der Waals surface area (Å²) in [7, 11) is 1.58. The third-order valence-electron chi connectivity index (χ3n) is 5.97. The zero-order valence-electron chi connectivity index (χ0n) is 16.7. The number of aliphatic hydroxyl groups excluding tert-OH is 1. The minimum atomic E-state index is -1.11. The normalized spacial score (nSPS) is 22.3. The molecule has 0 spiro atoms. The van der Waals surface area contributed by atoms with Gasteiger partial charge in [0.1, 0.15) is 6.54 Å². The lowest BCUT2D eigenvalue weighted by atomic mass is 9.76. The number of nitrogens with zero attached hydrogens (tertiary/aromatic N) is 5. The zero-order chi connectivity index (χ0) is 21.7. The summed E-state index contributed by atoms with van der Waals surface area (Å²) < 4.78 is 8.04. The third-order valence-corrected chi connectivity index (χ3v) is 6.22. The van der Waals surface area contributed by atoms with Gasteiger partial charge in [-0.15, -0.1) is 5.10 Å². The van der Waals surface area contributed by atoms with Crippen LogP contribution >= 0.6 is 11.6 Å². The largest absolute Gasteiger partial charge is 0.437 e. The summed E-state index contributed by atoms with van der Waals surface area (Å²) in [5.74, 6) is 0.00349. The van der Waals surface area contributed by atoms with E-state index in [9.17, 15) is 14.7 Å². The lowest BCUT2D eigenvalue weighted by Gasteiger charge is -2.34. The van der Waals surface area contributed by atoms with Crippen LogP contribution in [0, 0.1) is 0 Å². The van der Waals surface area contributed by atoms with Gasteiger partial charge < -0.3 is 19.0 Å². The molecule has 1 fully saturated rings. The van der Waals surface area contributed by atoms with Crippen LogP contribution in [0.1, 0.15) is 48.2 Å². The van der Waals surface area contributed by atoms with E-state index in [2.05, 4.69) is 10.1 Å². The first-order valence-corrected chi connectivity index (χ1v) is 10.3. The number of benzene rings is 1. The second kappa shape index (κ2) is 7.51. The summed E-state index contributed by atoms with van der Waals surface area (Å²) in [5.41, 5.74) is 1.84. The van der Waals surface area contributed by atoms with E-state index in [1.807, 2.05) is 24.3 Å². The highest BCUT2D eigenvalue weighted by Gasteiger charge is 2.35. The molecule has 9 nitrogen and oxygen atoms in total. The van der Waals surface area contributed by atoms with E-state index in [4.69, 9.17) is 16.0 Å². The summed E-state index contributed by atoms with van der Waals surface area (Å²) in [6.07, 6.45) is 1.92. The van der Waals surface area contributed by atoms with E-state index in [1.54, 1.807) is 13.1 Å². The van der Waals surface area contributed by atoms with Gasteiger partial charge in [-0.05, 0) is 42.5 Å². The van der Waals surface area contributed by atoms with Crippen LogP contribution in [0.4, 0.5) is 5.69 Å². The monoisotopic (exact) mass is 441 g/mol. The Hall–Kier alpha value is -3.17. The van der Waals surface area contributed by atoms with Crippen LogP contribution in [0.2, 0.25) is 5.02 Å². The second-order valence-corrected chi connectivity index (χ2v) is 8.31. The molecule has 2 aromatic heterocycles. The van der Waals surface area contributed by atoms with Gasteiger partial charge in [0.05, 0.1) is 23.8 Å². The van der Waals surface area contributed by atoms with Crippen LogP contribution in [0.5, 0.6) is 0 Å². The van der Waals surface area contributed by atoms with Gasteiger partial charge in [-0.2, -0.15) is 4.68 Å². The molecule has 160 valence electrons. The SMILES string of the molecule is Cn1c2c(ccc1=O)N=CN(Cc1nn(C3CC(c4ccc(Cl)cc4)C3)c(=O)o1)C2O. The number of hydrogen-bond donors (Lipinski definition) is 1. The molecular weight excluding hydrogens is 422 g/mol. The Bertz CT molecular complexity index is 1270. The van der Waals surface area contributed by atoms with Crippen molar-refractivity contribution >= 4 is 23.6 Å². The molecule has 1 saturated carbocycles. The van der Waals surface area contributed by atoms with Crippen molar-refractivity contribution in [2.75, 3.05) is 0 Å². The molecule has 0 bridgehead atoms. The number of rotatable bonds is 4. The molecule has 3 heterocycles. The van der Waals surface area contributed by atoms with Crippen LogP contribution in [0.25, 0.3) is 0 Å². The topological polar surface area (TPSA) is 106 Å². The van der Waals surface area contributed by atoms with Gasteiger partial charge in [0, 0.05) is 18.1 Å². The summed E-state index contributed by atoms with van der Waals surface area (Å²) >= 11 is 5.94. The van der Waals surface area contributed by atoms with E-state index in [0.717, 1.165) is 12.8 Å². The molecule has 1 unspecified atom stereocenters. The standard InChI is InChI=1S/C21H20ClN5O4/c1-25-18(28)7-6-16-19(25)20(29)26(11-23-16)10-17-24-27(21(30)31-17)15-8-13(9-15)12-2-4-14(22)5-3-12/h2-7,11,13,15,20,29H,8-10H2,1H3. The molecule has 1 aromatic carbocycles. The Morgan fingerprint density at radius 2 is 1.90 bits per heavy atom.